The van der Waals surface area contributed by atoms with E-state index in [0.29, 0.717) is 4.47 Å². The molecule has 0 fully saturated rings. The number of rotatable bonds is 6. The van der Waals surface area contributed by atoms with Crippen LogP contribution in [0.1, 0.15) is 6.42 Å². The van der Waals surface area contributed by atoms with Gasteiger partial charge in [-0.1, -0.05) is 0 Å². The first kappa shape index (κ1) is 14.6. The van der Waals surface area contributed by atoms with Crippen LogP contribution in [0.2, 0.25) is 0 Å². The molecule has 9 heteroatoms. The third-order valence-electron chi connectivity index (χ3n) is 1.84. The summed E-state index contributed by atoms with van der Waals surface area (Å²) < 4.78 is 26.1. The van der Waals surface area contributed by atoms with Gasteiger partial charge in [0.15, 0.2) is 0 Å². The second-order valence-electron chi connectivity index (χ2n) is 3.08. The molecule has 1 atom stereocenters. The number of carboxylic acids is 1. The van der Waals surface area contributed by atoms with Crippen molar-refractivity contribution >= 4 is 43.3 Å². The summed E-state index contributed by atoms with van der Waals surface area (Å²) in [5.41, 5.74) is 0. The summed E-state index contributed by atoms with van der Waals surface area (Å²) in [6, 6.07) is 0.222. The van der Waals surface area contributed by atoms with Crippen LogP contribution in [0, 0.1) is 0 Å². The van der Waals surface area contributed by atoms with E-state index in [1.807, 2.05) is 4.72 Å². The van der Waals surface area contributed by atoms with Gasteiger partial charge in [-0.15, -0.1) is 11.3 Å². The molecule has 0 aliphatic carbocycles. The van der Waals surface area contributed by atoms with Crippen LogP contribution in [0.15, 0.2) is 20.1 Å². The van der Waals surface area contributed by atoms with Crippen molar-refractivity contribution < 1.29 is 23.4 Å². The Morgan fingerprint density at radius 1 is 1.59 bits per heavy atom. The number of carboxylic acid groups (broad SMARTS) is 1. The Balaban J connectivity index is 2.93. The predicted molar refractivity (Wildman–Crippen MR) is 65.5 cm³/mol. The van der Waals surface area contributed by atoms with E-state index in [4.69, 9.17) is 10.2 Å². The highest BCUT2D eigenvalue weighted by atomic mass is 79.9. The van der Waals surface area contributed by atoms with Crippen LogP contribution in [0.25, 0.3) is 0 Å². The molecule has 1 aromatic rings. The molecule has 0 bridgehead atoms. The third-order valence-corrected chi connectivity index (χ3v) is 5.98. The Morgan fingerprint density at radius 2 is 2.24 bits per heavy atom. The molecule has 6 nitrogen and oxygen atoms in total. The Kier molecular flexibility index (Phi) is 5.07. The van der Waals surface area contributed by atoms with Gasteiger partial charge in [0.1, 0.15) is 10.3 Å². The van der Waals surface area contributed by atoms with Gasteiger partial charge in [-0.3, -0.25) is 4.79 Å². The van der Waals surface area contributed by atoms with E-state index < -0.39 is 28.6 Å². The zero-order valence-electron chi connectivity index (χ0n) is 8.46. The summed E-state index contributed by atoms with van der Waals surface area (Å²) in [7, 11) is -3.88. The number of hydrogen-bond acceptors (Lipinski definition) is 5. The lowest BCUT2D eigenvalue weighted by Gasteiger charge is -2.12. The number of halogens is 1. The molecule has 17 heavy (non-hydrogen) atoms. The standard InChI is InChI=1S/C8H10BrNO5S2/c9-5-2-4-16-8(5)17(14,15)10-6(1-3-11)7(12)13/h2,4,6,10-11H,1,3H2,(H,12,13)/t6-/m1/s1. The monoisotopic (exact) mass is 343 g/mol. The van der Waals surface area contributed by atoms with Crippen molar-refractivity contribution in [3.05, 3.63) is 15.9 Å². The molecule has 1 heterocycles. The van der Waals surface area contributed by atoms with Crippen LogP contribution in [-0.2, 0) is 14.8 Å². The first-order chi connectivity index (χ1) is 7.88. The maximum atomic E-state index is 11.8. The predicted octanol–water partition coefficient (Wildman–Crippen LogP) is 0.624. The van der Waals surface area contributed by atoms with Gasteiger partial charge in [0.2, 0.25) is 0 Å². The van der Waals surface area contributed by atoms with Gasteiger partial charge < -0.3 is 10.2 Å². The first-order valence-corrected chi connectivity index (χ1v) is 7.63. The number of carbonyl (C=O) groups is 1. The molecule has 0 saturated carbocycles. The van der Waals surface area contributed by atoms with Gasteiger partial charge in [0.05, 0.1) is 0 Å². The number of sulfonamides is 1. The Hall–Kier alpha value is -0.480. The average molecular weight is 344 g/mol. The molecule has 0 amide bonds. The quantitative estimate of drug-likeness (QED) is 0.702. The number of hydrogen-bond donors (Lipinski definition) is 3. The molecular weight excluding hydrogens is 334 g/mol. The largest absolute Gasteiger partial charge is 0.480 e. The molecule has 0 saturated heterocycles. The topological polar surface area (TPSA) is 104 Å². The highest BCUT2D eigenvalue weighted by molar-refractivity contribution is 9.10. The highest BCUT2D eigenvalue weighted by Crippen LogP contribution is 2.27. The third kappa shape index (κ3) is 3.75. The van der Waals surface area contributed by atoms with Crippen LogP contribution in [0.4, 0.5) is 0 Å². The van der Waals surface area contributed by atoms with Gasteiger partial charge in [0.25, 0.3) is 10.0 Å². The number of aliphatic carboxylic acids is 1. The summed E-state index contributed by atoms with van der Waals surface area (Å²) in [5, 5.41) is 19.0. The second-order valence-corrected chi connectivity index (χ2v) is 6.76. The fourth-order valence-corrected chi connectivity index (χ4v) is 4.65. The van der Waals surface area contributed by atoms with Crippen molar-refractivity contribution in [3.8, 4) is 0 Å². The fourth-order valence-electron chi connectivity index (χ4n) is 1.07. The SMILES string of the molecule is O=C(O)[C@@H](CCO)NS(=O)(=O)c1sccc1Br. The van der Waals surface area contributed by atoms with Gasteiger partial charge in [-0.2, -0.15) is 4.72 Å². The lowest BCUT2D eigenvalue weighted by molar-refractivity contribution is -0.139. The minimum atomic E-state index is -3.88. The molecule has 0 aliphatic rings. The van der Waals surface area contributed by atoms with Crippen LogP contribution in [0.5, 0.6) is 0 Å². The molecule has 1 rings (SSSR count). The molecule has 3 N–H and O–H groups in total. The van der Waals surface area contributed by atoms with Crippen molar-refractivity contribution in [2.75, 3.05) is 6.61 Å². The molecule has 0 radical (unpaired) electrons. The molecule has 96 valence electrons. The van der Waals surface area contributed by atoms with E-state index in [0.717, 1.165) is 11.3 Å². The molecule has 0 aliphatic heterocycles. The lowest BCUT2D eigenvalue weighted by Crippen LogP contribution is -2.41. The number of aliphatic hydroxyl groups excluding tert-OH is 1. The molecule has 0 aromatic carbocycles. The maximum Gasteiger partial charge on any atom is 0.321 e. The average Bonchev–Trinajstić information content (AvgIpc) is 2.64. The number of thiophene rings is 1. The normalized spacial score (nSPS) is 13.5. The molecular formula is C8H10BrNO5S2. The van der Waals surface area contributed by atoms with E-state index >= 15 is 0 Å². The van der Waals surface area contributed by atoms with E-state index in [1.54, 1.807) is 11.4 Å². The summed E-state index contributed by atoms with van der Waals surface area (Å²) >= 11 is 4.04. The van der Waals surface area contributed by atoms with E-state index in [2.05, 4.69) is 15.9 Å². The van der Waals surface area contributed by atoms with Gasteiger partial charge in [0, 0.05) is 11.1 Å². The van der Waals surface area contributed by atoms with Gasteiger partial charge >= 0.3 is 5.97 Å². The smallest absolute Gasteiger partial charge is 0.321 e. The molecule has 0 unspecified atom stereocenters. The van der Waals surface area contributed by atoms with Gasteiger partial charge in [-0.25, -0.2) is 8.42 Å². The Bertz CT molecular complexity index is 498. The second kappa shape index (κ2) is 5.91. The van der Waals surface area contributed by atoms with Gasteiger partial charge in [-0.05, 0) is 33.8 Å². The fraction of sp³-hybridized carbons (Fsp3) is 0.375. The summed E-state index contributed by atoms with van der Waals surface area (Å²) in [6.45, 7) is -0.412. The number of aliphatic hydroxyl groups is 1. The van der Waals surface area contributed by atoms with E-state index in [9.17, 15) is 13.2 Å². The highest BCUT2D eigenvalue weighted by Gasteiger charge is 2.27. The zero-order valence-corrected chi connectivity index (χ0v) is 11.7. The first-order valence-electron chi connectivity index (χ1n) is 4.47. The minimum absolute atomic E-state index is 0.0155. The number of nitrogens with one attached hydrogen (secondary N) is 1. The Morgan fingerprint density at radius 3 is 2.65 bits per heavy atom. The van der Waals surface area contributed by atoms with Crippen molar-refractivity contribution in [1.82, 2.24) is 4.72 Å². The zero-order chi connectivity index (χ0) is 13.1. The maximum absolute atomic E-state index is 11.8. The summed E-state index contributed by atoms with van der Waals surface area (Å²) in [5.74, 6) is -1.32. The van der Waals surface area contributed by atoms with Crippen molar-refractivity contribution in [1.29, 1.82) is 0 Å². The van der Waals surface area contributed by atoms with Crippen molar-refractivity contribution in [2.24, 2.45) is 0 Å². The van der Waals surface area contributed by atoms with Crippen LogP contribution in [0.3, 0.4) is 0 Å². The van der Waals surface area contributed by atoms with Crippen molar-refractivity contribution in [3.63, 3.8) is 0 Å². The molecule has 0 spiro atoms. The van der Waals surface area contributed by atoms with E-state index in [1.165, 1.54) is 0 Å². The van der Waals surface area contributed by atoms with Crippen molar-refractivity contribution in [2.45, 2.75) is 16.7 Å². The Labute approximate surface area is 110 Å². The summed E-state index contributed by atoms with van der Waals surface area (Å²) in [6.07, 6.45) is -0.183. The van der Waals surface area contributed by atoms with Crippen LogP contribution >= 0.6 is 27.3 Å². The van der Waals surface area contributed by atoms with E-state index in [-0.39, 0.29) is 10.6 Å². The van der Waals surface area contributed by atoms with Crippen LogP contribution < -0.4 is 4.72 Å². The minimum Gasteiger partial charge on any atom is -0.480 e. The lowest BCUT2D eigenvalue weighted by atomic mass is 10.2. The molecule has 1 aromatic heterocycles. The van der Waals surface area contributed by atoms with Crippen LogP contribution in [-0.4, -0.2) is 37.2 Å². The summed E-state index contributed by atoms with van der Waals surface area (Å²) in [4.78, 5) is 10.8.